The minimum Gasteiger partial charge on any atom is -0.437 e. The van der Waals surface area contributed by atoms with E-state index in [9.17, 15) is 8.78 Å². The SMILES string of the molecule is COC(C)c1c(Cl)cccc1Oc1nc2ccc(F)c(F)c2nc1C. The number of aromatic nitrogens is 2. The molecule has 0 N–H and O–H groups in total. The van der Waals surface area contributed by atoms with Gasteiger partial charge in [0, 0.05) is 12.7 Å². The summed E-state index contributed by atoms with van der Waals surface area (Å²) in [6, 6.07) is 7.55. The number of aryl methyl sites for hydroxylation is 1. The van der Waals surface area contributed by atoms with Crippen LogP contribution in [0, 0.1) is 18.6 Å². The van der Waals surface area contributed by atoms with E-state index in [1.807, 2.05) is 6.92 Å². The van der Waals surface area contributed by atoms with Crippen LogP contribution in [0.2, 0.25) is 5.02 Å². The summed E-state index contributed by atoms with van der Waals surface area (Å²) in [7, 11) is 1.57. The third-order valence-corrected chi connectivity index (χ3v) is 4.17. The van der Waals surface area contributed by atoms with Crippen molar-refractivity contribution in [3.8, 4) is 11.6 Å². The van der Waals surface area contributed by atoms with Crippen molar-refractivity contribution in [2.75, 3.05) is 7.11 Å². The first kappa shape index (κ1) is 17.5. The van der Waals surface area contributed by atoms with Crippen molar-refractivity contribution >= 4 is 22.6 Å². The monoisotopic (exact) mass is 364 g/mol. The Kier molecular flexibility index (Phi) is 4.83. The summed E-state index contributed by atoms with van der Waals surface area (Å²) >= 11 is 6.26. The Balaban J connectivity index is 2.09. The third-order valence-electron chi connectivity index (χ3n) is 3.84. The Bertz CT molecular complexity index is 950. The molecular weight excluding hydrogens is 350 g/mol. The predicted octanol–water partition coefficient (Wildman–Crippen LogP) is 5.37. The molecule has 25 heavy (non-hydrogen) atoms. The van der Waals surface area contributed by atoms with Crippen LogP contribution in [0.1, 0.15) is 24.3 Å². The summed E-state index contributed by atoms with van der Waals surface area (Å²) < 4.78 is 38.4. The number of fused-ring (bicyclic) bond motifs is 1. The molecule has 0 fully saturated rings. The third kappa shape index (κ3) is 3.27. The molecule has 0 saturated carbocycles. The van der Waals surface area contributed by atoms with E-state index in [-0.39, 0.29) is 23.0 Å². The molecule has 0 amide bonds. The normalized spacial score (nSPS) is 12.4. The molecule has 0 aliphatic rings. The Morgan fingerprint density at radius 1 is 1.12 bits per heavy atom. The molecule has 1 unspecified atom stereocenters. The maximum atomic E-state index is 13.9. The molecule has 3 aromatic rings. The Morgan fingerprint density at radius 2 is 1.88 bits per heavy atom. The van der Waals surface area contributed by atoms with E-state index in [0.29, 0.717) is 22.0 Å². The molecule has 7 heteroatoms. The number of halogens is 3. The first-order chi connectivity index (χ1) is 11.9. The van der Waals surface area contributed by atoms with Crippen molar-refractivity contribution in [3.63, 3.8) is 0 Å². The molecule has 1 aromatic heterocycles. The molecule has 0 aliphatic heterocycles. The molecule has 0 aliphatic carbocycles. The van der Waals surface area contributed by atoms with Crippen molar-refractivity contribution < 1.29 is 18.3 Å². The second-order valence-electron chi connectivity index (χ2n) is 5.47. The Hall–Kier alpha value is -2.31. The van der Waals surface area contributed by atoms with Gasteiger partial charge in [0.2, 0.25) is 5.88 Å². The molecule has 4 nitrogen and oxygen atoms in total. The highest BCUT2D eigenvalue weighted by molar-refractivity contribution is 6.31. The number of hydrogen-bond acceptors (Lipinski definition) is 4. The van der Waals surface area contributed by atoms with Crippen molar-refractivity contribution in [2.45, 2.75) is 20.0 Å². The van der Waals surface area contributed by atoms with Gasteiger partial charge >= 0.3 is 0 Å². The van der Waals surface area contributed by atoms with Crippen LogP contribution in [-0.2, 0) is 4.74 Å². The molecule has 2 aromatic carbocycles. The van der Waals surface area contributed by atoms with Gasteiger partial charge in [-0.25, -0.2) is 18.7 Å². The molecule has 1 heterocycles. The van der Waals surface area contributed by atoms with Crippen LogP contribution in [0.3, 0.4) is 0 Å². The zero-order valence-corrected chi connectivity index (χ0v) is 14.6. The number of benzene rings is 2. The van der Waals surface area contributed by atoms with E-state index >= 15 is 0 Å². The highest BCUT2D eigenvalue weighted by Crippen LogP contribution is 2.36. The molecular formula is C18H15ClF2N2O2. The minimum absolute atomic E-state index is 0.138. The fraction of sp³-hybridized carbons (Fsp3) is 0.222. The standard InChI is InChI=1S/C18H15ClF2N2O2/c1-9-18(23-13-8-7-12(20)16(21)17(13)22-9)25-14-6-4-5-11(19)15(14)10(2)24-3/h4-8,10H,1-3H3. The van der Waals surface area contributed by atoms with Gasteiger partial charge in [0.25, 0.3) is 0 Å². The van der Waals surface area contributed by atoms with Crippen LogP contribution >= 0.6 is 11.6 Å². The summed E-state index contributed by atoms with van der Waals surface area (Å²) in [5.41, 5.74) is 1.05. The van der Waals surface area contributed by atoms with Gasteiger partial charge in [-0.05, 0) is 38.1 Å². The quantitative estimate of drug-likeness (QED) is 0.624. The average molecular weight is 365 g/mol. The van der Waals surface area contributed by atoms with Crippen molar-refractivity contribution in [3.05, 3.63) is 58.2 Å². The number of rotatable bonds is 4. The summed E-state index contributed by atoms with van der Waals surface area (Å²) in [5, 5.41) is 0.492. The van der Waals surface area contributed by atoms with Crippen LogP contribution in [0.5, 0.6) is 11.6 Å². The largest absolute Gasteiger partial charge is 0.437 e. The minimum atomic E-state index is -1.03. The lowest BCUT2D eigenvalue weighted by atomic mass is 10.1. The fourth-order valence-electron chi connectivity index (χ4n) is 2.45. The molecule has 130 valence electrons. The predicted molar refractivity (Wildman–Crippen MR) is 91.1 cm³/mol. The summed E-state index contributed by atoms with van der Waals surface area (Å²) in [6.45, 7) is 3.45. The van der Waals surface area contributed by atoms with Gasteiger partial charge in [0.05, 0.1) is 16.6 Å². The molecule has 3 rings (SSSR count). The zero-order chi connectivity index (χ0) is 18.1. The van der Waals surface area contributed by atoms with E-state index in [0.717, 1.165) is 6.07 Å². The maximum absolute atomic E-state index is 13.9. The Labute approximate surface area is 148 Å². The number of nitrogens with zero attached hydrogens (tertiary/aromatic N) is 2. The maximum Gasteiger partial charge on any atom is 0.241 e. The van der Waals surface area contributed by atoms with E-state index in [1.54, 1.807) is 32.2 Å². The average Bonchev–Trinajstić information content (AvgIpc) is 2.59. The summed E-state index contributed by atoms with van der Waals surface area (Å²) in [4.78, 5) is 8.34. The Morgan fingerprint density at radius 3 is 2.60 bits per heavy atom. The first-order valence-corrected chi connectivity index (χ1v) is 7.91. The van der Waals surface area contributed by atoms with Crippen LogP contribution in [-0.4, -0.2) is 17.1 Å². The topological polar surface area (TPSA) is 44.2 Å². The van der Waals surface area contributed by atoms with Crippen molar-refractivity contribution in [1.29, 1.82) is 0 Å². The smallest absolute Gasteiger partial charge is 0.241 e. The highest BCUT2D eigenvalue weighted by atomic mass is 35.5. The molecule has 0 saturated heterocycles. The lowest BCUT2D eigenvalue weighted by Gasteiger charge is -2.17. The van der Waals surface area contributed by atoms with E-state index < -0.39 is 11.6 Å². The van der Waals surface area contributed by atoms with Gasteiger partial charge in [-0.1, -0.05) is 17.7 Å². The van der Waals surface area contributed by atoms with Gasteiger partial charge in [0.1, 0.15) is 17.0 Å². The molecule has 0 radical (unpaired) electrons. The van der Waals surface area contributed by atoms with Gasteiger partial charge in [-0.3, -0.25) is 0 Å². The second-order valence-corrected chi connectivity index (χ2v) is 5.88. The number of methoxy groups -OCH3 is 1. The van der Waals surface area contributed by atoms with Gasteiger partial charge < -0.3 is 9.47 Å². The molecule has 0 spiro atoms. The zero-order valence-electron chi connectivity index (χ0n) is 13.8. The van der Waals surface area contributed by atoms with Crippen molar-refractivity contribution in [2.24, 2.45) is 0 Å². The summed E-state index contributed by atoms with van der Waals surface area (Å²) in [5.74, 6) is -1.36. The highest BCUT2D eigenvalue weighted by Gasteiger charge is 2.18. The fourth-order valence-corrected chi connectivity index (χ4v) is 2.77. The lowest BCUT2D eigenvalue weighted by molar-refractivity contribution is 0.117. The second kappa shape index (κ2) is 6.90. The first-order valence-electron chi connectivity index (χ1n) is 7.53. The number of hydrogen-bond donors (Lipinski definition) is 0. The van der Waals surface area contributed by atoms with Crippen LogP contribution in [0.25, 0.3) is 11.0 Å². The van der Waals surface area contributed by atoms with Crippen LogP contribution in [0.15, 0.2) is 30.3 Å². The number of ether oxygens (including phenoxy) is 2. The lowest BCUT2D eigenvalue weighted by Crippen LogP contribution is -2.03. The van der Waals surface area contributed by atoms with E-state index in [2.05, 4.69) is 9.97 Å². The van der Waals surface area contributed by atoms with E-state index in [4.69, 9.17) is 21.1 Å². The van der Waals surface area contributed by atoms with Gasteiger partial charge in [0.15, 0.2) is 11.6 Å². The van der Waals surface area contributed by atoms with Gasteiger partial charge in [-0.15, -0.1) is 0 Å². The van der Waals surface area contributed by atoms with E-state index in [1.165, 1.54) is 6.07 Å². The molecule has 1 atom stereocenters. The van der Waals surface area contributed by atoms with Crippen LogP contribution < -0.4 is 4.74 Å². The van der Waals surface area contributed by atoms with Crippen molar-refractivity contribution in [1.82, 2.24) is 9.97 Å². The van der Waals surface area contributed by atoms with Gasteiger partial charge in [-0.2, -0.15) is 0 Å². The summed E-state index contributed by atoms with van der Waals surface area (Å²) in [6.07, 6.45) is -0.302. The van der Waals surface area contributed by atoms with Crippen LogP contribution in [0.4, 0.5) is 8.78 Å². The molecule has 0 bridgehead atoms.